The summed E-state index contributed by atoms with van der Waals surface area (Å²) >= 11 is 3.49. The summed E-state index contributed by atoms with van der Waals surface area (Å²) < 4.78 is 12.1. The molecule has 2 saturated heterocycles. The summed E-state index contributed by atoms with van der Waals surface area (Å²) in [5, 5.41) is 0.861. The molecule has 0 bridgehead atoms. The lowest BCUT2D eigenvalue weighted by molar-refractivity contribution is 0.0296. The number of hydrogen-bond donors (Lipinski definition) is 1. The Morgan fingerprint density at radius 3 is 2.47 bits per heavy atom. The largest absolute Gasteiger partial charge is 0.449 e. The van der Waals surface area contributed by atoms with Gasteiger partial charge in [-0.2, -0.15) is 0 Å². The van der Waals surface area contributed by atoms with Crippen LogP contribution < -0.4 is 5.56 Å². The van der Waals surface area contributed by atoms with Crippen LogP contribution in [0.4, 0.5) is 0 Å². The second-order valence-corrected chi connectivity index (χ2v) is 8.92. The number of H-pyrrole nitrogens is 1. The summed E-state index contributed by atoms with van der Waals surface area (Å²) in [6, 6.07) is 5.71. The van der Waals surface area contributed by atoms with E-state index in [-0.39, 0.29) is 5.56 Å². The van der Waals surface area contributed by atoms with Crippen LogP contribution in [0.5, 0.6) is 0 Å². The Hall–Kier alpha value is -1.78. The first-order valence-corrected chi connectivity index (χ1v) is 11.3. The zero-order valence-corrected chi connectivity index (χ0v) is 18.5. The number of nitrogens with zero attached hydrogens (tertiary/aromatic N) is 4. The summed E-state index contributed by atoms with van der Waals surface area (Å²) in [5.41, 5.74) is 1.39. The van der Waals surface area contributed by atoms with E-state index in [9.17, 15) is 4.79 Å². The third kappa shape index (κ3) is 4.31. The van der Waals surface area contributed by atoms with Crippen molar-refractivity contribution in [2.45, 2.75) is 6.54 Å². The van der Waals surface area contributed by atoms with E-state index in [4.69, 9.17) is 14.1 Å². The fraction of sp³-hybridized carbons (Fsp3) is 0.524. The number of benzene rings is 1. The van der Waals surface area contributed by atoms with E-state index in [2.05, 4.69) is 35.6 Å². The van der Waals surface area contributed by atoms with Gasteiger partial charge in [0.05, 0.1) is 19.8 Å². The molecule has 160 valence electrons. The fourth-order valence-electron chi connectivity index (χ4n) is 4.24. The normalized spacial score (nSPS) is 19.8. The molecule has 0 saturated carbocycles. The first kappa shape index (κ1) is 20.1. The van der Waals surface area contributed by atoms with Crippen molar-refractivity contribution in [3.63, 3.8) is 0 Å². The lowest BCUT2D eigenvalue weighted by Gasteiger charge is -2.36. The number of ether oxygens (including phenoxy) is 1. The second kappa shape index (κ2) is 8.76. The molecule has 30 heavy (non-hydrogen) atoms. The molecule has 0 spiro atoms. The highest BCUT2D eigenvalue weighted by molar-refractivity contribution is 9.10. The van der Waals surface area contributed by atoms with E-state index in [0.29, 0.717) is 29.1 Å². The van der Waals surface area contributed by atoms with Crippen molar-refractivity contribution < 1.29 is 9.15 Å². The van der Waals surface area contributed by atoms with Gasteiger partial charge < -0.3 is 14.1 Å². The van der Waals surface area contributed by atoms with Gasteiger partial charge in [-0.15, -0.1) is 0 Å². The maximum Gasteiger partial charge on any atom is 0.294 e. The average molecular weight is 476 g/mol. The minimum absolute atomic E-state index is 0.216. The van der Waals surface area contributed by atoms with Gasteiger partial charge in [-0.1, -0.05) is 15.9 Å². The molecule has 2 aromatic heterocycles. The zero-order valence-electron chi connectivity index (χ0n) is 16.9. The minimum Gasteiger partial charge on any atom is -0.449 e. The van der Waals surface area contributed by atoms with Crippen molar-refractivity contribution in [3.8, 4) is 0 Å². The van der Waals surface area contributed by atoms with Crippen molar-refractivity contribution in [3.05, 3.63) is 38.9 Å². The van der Waals surface area contributed by atoms with Crippen LogP contribution in [-0.4, -0.2) is 90.2 Å². The molecule has 4 heterocycles. The highest BCUT2D eigenvalue weighted by atomic mass is 79.9. The first-order valence-electron chi connectivity index (χ1n) is 10.5. The summed E-state index contributed by atoms with van der Waals surface area (Å²) in [5.74, 6) is 0.692. The molecule has 0 amide bonds. The summed E-state index contributed by atoms with van der Waals surface area (Å²) in [6.45, 7) is 10.7. The monoisotopic (exact) mass is 475 g/mol. The maximum atomic E-state index is 12.5. The van der Waals surface area contributed by atoms with Crippen LogP contribution >= 0.6 is 15.9 Å². The predicted octanol–water partition coefficient (Wildman–Crippen LogP) is 1.88. The predicted molar refractivity (Wildman–Crippen MR) is 119 cm³/mol. The lowest BCUT2D eigenvalue weighted by Crippen LogP contribution is -2.49. The van der Waals surface area contributed by atoms with Gasteiger partial charge in [0, 0.05) is 62.2 Å². The van der Waals surface area contributed by atoms with Crippen molar-refractivity contribution in [2.24, 2.45) is 0 Å². The number of piperazine rings is 1. The number of halogens is 1. The highest BCUT2D eigenvalue weighted by Gasteiger charge is 2.20. The van der Waals surface area contributed by atoms with E-state index in [1.165, 1.54) is 0 Å². The van der Waals surface area contributed by atoms with Crippen LogP contribution in [0.25, 0.3) is 22.1 Å². The van der Waals surface area contributed by atoms with Crippen molar-refractivity contribution >= 4 is 38.0 Å². The Labute approximate surface area is 182 Å². The average Bonchev–Trinajstić information content (AvgIpc) is 3.12. The number of furan rings is 1. The lowest BCUT2D eigenvalue weighted by atomic mass is 10.2. The van der Waals surface area contributed by atoms with Crippen molar-refractivity contribution in [1.82, 2.24) is 24.7 Å². The van der Waals surface area contributed by atoms with E-state index >= 15 is 0 Å². The van der Waals surface area contributed by atoms with Crippen LogP contribution in [0.2, 0.25) is 0 Å². The minimum atomic E-state index is -0.216. The molecule has 0 aliphatic carbocycles. The van der Waals surface area contributed by atoms with Crippen molar-refractivity contribution in [1.29, 1.82) is 0 Å². The van der Waals surface area contributed by atoms with Crippen LogP contribution in [0.3, 0.4) is 0 Å². The third-order valence-electron chi connectivity index (χ3n) is 6.01. The molecule has 1 N–H and O–H groups in total. The summed E-state index contributed by atoms with van der Waals surface area (Å²) in [4.78, 5) is 27.5. The molecule has 3 aromatic rings. The van der Waals surface area contributed by atoms with Gasteiger partial charge in [-0.25, -0.2) is 4.98 Å². The first-order chi connectivity index (χ1) is 14.7. The second-order valence-electron chi connectivity index (χ2n) is 8.00. The third-order valence-corrected chi connectivity index (χ3v) is 6.50. The van der Waals surface area contributed by atoms with Gasteiger partial charge in [0.2, 0.25) is 5.58 Å². The summed E-state index contributed by atoms with van der Waals surface area (Å²) in [6.07, 6.45) is 0. The quantitative estimate of drug-likeness (QED) is 0.603. The Bertz CT molecular complexity index is 1080. The number of hydrogen-bond acceptors (Lipinski definition) is 7. The number of rotatable bonds is 5. The smallest absolute Gasteiger partial charge is 0.294 e. The van der Waals surface area contributed by atoms with E-state index < -0.39 is 0 Å². The molecular formula is C21H26BrN5O3. The van der Waals surface area contributed by atoms with Gasteiger partial charge in [-0.05, 0) is 18.2 Å². The van der Waals surface area contributed by atoms with Crippen LogP contribution in [-0.2, 0) is 11.3 Å². The maximum absolute atomic E-state index is 12.5. The van der Waals surface area contributed by atoms with E-state index in [0.717, 1.165) is 75.4 Å². The zero-order chi connectivity index (χ0) is 20.5. The molecule has 0 radical (unpaired) electrons. The number of aromatic amines is 1. The van der Waals surface area contributed by atoms with Crippen LogP contribution in [0, 0.1) is 0 Å². The Morgan fingerprint density at radius 2 is 1.70 bits per heavy atom. The summed E-state index contributed by atoms with van der Waals surface area (Å²) in [7, 11) is 0. The number of fused-ring (bicyclic) bond motifs is 3. The Kier molecular flexibility index (Phi) is 5.88. The molecule has 2 fully saturated rings. The Morgan fingerprint density at radius 1 is 1.00 bits per heavy atom. The van der Waals surface area contributed by atoms with E-state index in [1.807, 2.05) is 18.2 Å². The van der Waals surface area contributed by atoms with Gasteiger partial charge in [0.1, 0.15) is 16.9 Å². The van der Waals surface area contributed by atoms with Gasteiger partial charge in [0.15, 0.2) is 0 Å². The van der Waals surface area contributed by atoms with E-state index in [1.54, 1.807) is 0 Å². The molecule has 2 aliphatic heterocycles. The van der Waals surface area contributed by atoms with Crippen LogP contribution in [0.1, 0.15) is 5.82 Å². The standard InChI is InChI=1S/C21H26BrN5O3/c22-15-1-2-17-16(13-15)19-20(30-17)21(28)24-18(23-19)14-27-7-5-25(6-8-27)3-4-26-9-11-29-12-10-26/h1-2,13H,3-12,14H2,(H,23,24,28). The number of aromatic nitrogens is 2. The molecule has 8 nitrogen and oxygen atoms in total. The van der Waals surface area contributed by atoms with Crippen LogP contribution in [0.15, 0.2) is 31.9 Å². The molecule has 5 rings (SSSR count). The fourth-order valence-corrected chi connectivity index (χ4v) is 4.60. The molecule has 1 aromatic carbocycles. The highest BCUT2D eigenvalue weighted by Crippen LogP contribution is 2.27. The van der Waals surface area contributed by atoms with Gasteiger partial charge in [0.25, 0.3) is 5.56 Å². The molecule has 9 heteroatoms. The van der Waals surface area contributed by atoms with Gasteiger partial charge in [-0.3, -0.25) is 19.5 Å². The SMILES string of the molecule is O=c1[nH]c(CN2CCN(CCN3CCOCC3)CC2)nc2c1oc1ccc(Br)cc12. The molecule has 2 aliphatic rings. The van der Waals surface area contributed by atoms with Crippen molar-refractivity contribution in [2.75, 3.05) is 65.6 Å². The number of morpholine rings is 1. The van der Waals surface area contributed by atoms with Gasteiger partial charge >= 0.3 is 0 Å². The number of nitrogens with one attached hydrogen (secondary N) is 1. The topological polar surface area (TPSA) is 77.8 Å². The Balaban J connectivity index is 1.22. The molecule has 0 atom stereocenters. The molecule has 0 unspecified atom stereocenters. The molecular weight excluding hydrogens is 450 g/mol.